The van der Waals surface area contributed by atoms with Gasteiger partial charge in [0.15, 0.2) is 0 Å². The first-order valence-corrected chi connectivity index (χ1v) is 13.1. The summed E-state index contributed by atoms with van der Waals surface area (Å²) >= 11 is 1.70. The van der Waals surface area contributed by atoms with E-state index in [9.17, 15) is 9.59 Å². The maximum Gasteiger partial charge on any atom is 0.343 e. The van der Waals surface area contributed by atoms with Crippen LogP contribution in [-0.2, 0) is 24.2 Å². The second kappa shape index (κ2) is 10.5. The molecule has 9 heteroatoms. The van der Waals surface area contributed by atoms with Crippen LogP contribution >= 0.6 is 11.3 Å². The van der Waals surface area contributed by atoms with E-state index < -0.39 is 5.97 Å². The number of rotatable bonds is 6. The fourth-order valence-corrected chi connectivity index (χ4v) is 6.19. The topological polar surface area (TPSA) is 76.9 Å². The molecule has 8 nitrogen and oxygen atoms in total. The summed E-state index contributed by atoms with van der Waals surface area (Å²) < 4.78 is 14.1. The van der Waals surface area contributed by atoms with Crippen LogP contribution < -0.4 is 10.3 Å². The molecule has 0 aliphatic carbocycles. The third kappa shape index (κ3) is 5.27. The van der Waals surface area contributed by atoms with E-state index in [0.29, 0.717) is 55.6 Å². The van der Waals surface area contributed by atoms with Crippen molar-refractivity contribution in [1.82, 2.24) is 19.4 Å². The maximum absolute atomic E-state index is 13.1. The number of carbonyl (C=O) groups excluding carboxylic acids is 1. The Morgan fingerprint density at radius 2 is 2.06 bits per heavy atom. The Bertz CT molecular complexity index is 1240. The summed E-state index contributed by atoms with van der Waals surface area (Å²) in [6.07, 6.45) is 2.78. The van der Waals surface area contributed by atoms with Gasteiger partial charge in [-0.15, -0.1) is 11.3 Å². The lowest BCUT2D eigenvalue weighted by atomic mass is 9.99. The van der Waals surface area contributed by atoms with Crippen LogP contribution in [0.2, 0.25) is 0 Å². The van der Waals surface area contributed by atoms with Gasteiger partial charge in [-0.05, 0) is 38.6 Å². The monoisotopic (exact) mass is 496 g/mol. The lowest BCUT2D eigenvalue weighted by Gasteiger charge is -2.29. The van der Waals surface area contributed by atoms with Gasteiger partial charge in [-0.1, -0.05) is 12.1 Å². The van der Waals surface area contributed by atoms with Gasteiger partial charge in [0.1, 0.15) is 16.3 Å². The molecular formula is C26H32N4O4S. The molecule has 0 bridgehead atoms. The second-order valence-electron chi connectivity index (χ2n) is 9.49. The lowest BCUT2D eigenvalue weighted by Crippen LogP contribution is -2.35. The van der Waals surface area contributed by atoms with E-state index in [2.05, 4.69) is 22.9 Å². The number of aromatic nitrogens is 2. The molecule has 186 valence electrons. The van der Waals surface area contributed by atoms with Crippen molar-refractivity contribution >= 4 is 27.5 Å². The summed E-state index contributed by atoms with van der Waals surface area (Å²) in [6, 6.07) is 9.61. The van der Waals surface area contributed by atoms with Crippen molar-refractivity contribution in [2.24, 2.45) is 5.92 Å². The number of carbonyl (C=O) groups is 1. The molecule has 0 spiro atoms. The van der Waals surface area contributed by atoms with Gasteiger partial charge >= 0.3 is 5.97 Å². The van der Waals surface area contributed by atoms with Crippen LogP contribution in [-0.4, -0.2) is 72.3 Å². The highest BCUT2D eigenvalue weighted by molar-refractivity contribution is 7.18. The molecule has 1 atom stereocenters. The molecule has 0 amide bonds. The van der Waals surface area contributed by atoms with E-state index in [0.717, 1.165) is 43.0 Å². The van der Waals surface area contributed by atoms with Crippen LogP contribution in [0.15, 0.2) is 35.1 Å². The molecule has 0 saturated carbocycles. The van der Waals surface area contributed by atoms with Crippen molar-refractivity contribution in [3.8, 4) is 5.75 Å². The smallest absolute Gasteiger partial charge is 0.343 e. The summed E-state index contributed by atoms with van der Waals surface area (Å²) in [7, 11) is 3.49. The summed E-state index contributed by atoms with van der Waals surface area (Å²) in [5.41, 5.74) is 1.97. The van der Waals surface area contributed by atoms with Crippen LogP contribution in [0.25, 0.3) is 10.2 Å². The van der Waals surface area contributed by atoms with Crippen LogP contribution in [0, 0.1) is 5.92 Å². The Hall–Kier alpha value is -2.75. The van der Waals surface area contributed by atoms with E-state index in [1.807, 2.05) is 18.2 Å². The van der Waals surface area contributed by atoms with Crippen LogP contribution in [0.5, 0.6) is 5.75 Å². The fraction of sp³-hybridized carbons (Fsp3) is 0.500. The largest absolute Gasteiger partial charge is 0.492 e. The molecule has 4 heterocycles. The number of para-hydroxylation sites is 1. The molecule has 3 aromatic rings. The van der Waals surface area contributed by atoms with Crippen molar-refractivity contribution < 1.29 is 14.3 Å². The Morgan fingerprint density at radius 1 is 1.20 bits per heavy atom. The summed E-state index contributed by atoms with van der Waals surface area (Å²) in [6.45, 7) is 5.19. The van der Waals surface area contributed by atoms with E-state index in [-0.39, 0.29) is 5.56 Å². The molecule has 0 radical (unpaired) electrons. The van der Waals surface area contributed by atoms with E-state index in [4.69, 9.17) is 14.5 Å². The fourth-order valence-electron chi connectivity index (χ4n) is 5.18. The Labute approximate surface area is 209 Å². The van der Waals surface area contributed by atoms with Gasteiger partial charge in [0.25, 0.3) is 5.56 Å². The van der Waals surface area contributed by atoms with Crippen molar-refractivity contribution in [3.05, 3.63) is 57.0 Å². The van der Waals surface area contributed by atoms with Crippen molar-refractivity contribution in [2.45, 2.75) is 32.4 Å². The minimum absolute atomic E-state index is 0.134. The zero-order valence-corrected chi connectivity index (χ0v) is 21.2. The van der Waals surface area contributed by atoms with Gasteiger partial charge in [-0.2, -0.15) is 0 Å². The van der Waals surface area contributed by atoms with Gasteiger partial charge in [0, 0.05) is 50.3 Å². The quantitative estimate of drug-likeness (QED) is 0.486. The van der Waals surface area contributed by atoms with Gasteiger partial charge in [0.2, 0.25) is 0 Å². The molecule has 1 saturated heterocycles. The number of hydrogen-bond acceptors (Lipinski definition) is 8. The first kappa shape index (κ1) is 24.0. The normalized spacial score (nSPS) is 19.3. The number of piperidine rings is 1. The molecule has 35 heavy (non-hydrogen) atoms. The molecule has 0 unspecified atom stereocenters. The molecular weight excluding hydrogens is 464 g/mol. The minimum atomic E-state index is -0.455. The van der Waals surface area contributed by atoms with Gasteiger partial charge < -0.3 is 18.9 Å². The predicted molar refractivity (Wildman–Crippen MR) is 136 cm³/mol. The van der Waals surface area contributed by atoms with Gasteiger partial charge in [0.05, 0.1) is 30.5 Å². The predicted octanol–water partition coefficient (Wildman–Crippen LogP) is 3.02. The number of thiazole rings is 1. The molecule has 1 fully saturated rings. The molecule has 1 aromatic carbocycles. The number of nitrogens with zero attached hydrogens (tertiary/aromatic N) is 4. The SMILES string of the molecule is COC(=O)c1c(OC[C@@H]2CCCN(C)C2)cc(=O)n2c1CCN(Cc1nc3ccccc3s1)CC2. The highest BCUT2D eigenvalue weighted by atomic mass is 32.1. The number of pyridine rings is 1. The van der Waals surface area contributed by atoms with Gasteiger partial charge in [-0.25, -0.2) is 9.78 Å². The minimum Gasteiger partial charge on any atom is -0.492 e. The Balaban J connectivity index is 1.36. The molecule has 5 rings (SSSR count). The molecule has 2 aromatic heterocycles. The first-order chi connectivity index (χ1) is 17.0. The molecule has 2 aliphatic heterocycles. The van der Waals surface area contributed by atoms with E-state index in [1.165, 1.54) is 17.9 Å². The number of ether oxygens (including phenoxy) is 2. The van der Waals surface area contributed by atoms with Crippen LogP contribution in [0.3, 0.4) is 0 Å². The number of hydrogen-bond donors (Lipinski definition) is 0. The highest BCUT2D eigenvalue weighted by Crippen LogP contribution is 2.27. The number of methoxy groups -OCH3 is 1. The van der Waals surface area contributed by atoms with Gasteiger partial charge in [-0.3, -0.25) is 9.69 Å². The lowest BCUT2D eigenvalue weighted by molar-refractivity contribution is 0.0590. The molecule has 0 N–H and O–H groups in total. The summed E-state index contributed by atoms with van der Waals surface area (Å²) in [4.78, 5) is 35.3. The average molecular weight is 497 g/mol. The van der Waals surface area contributed by atoms with Crippen molar-refractivity contribution in [1.29, 1.82) is 0 Å². The van der Waals surface area contributed by atoms with Crippen molar-refractivity contribution in [3.63, 3.8) is 0 Å². The maximum atomic E-state index is 13.1. The average Bonchev–Trinajstić information content (AvgIpc) is 3.15. The number of esters is 1. The third-order valence-electron chi connectivity index (χ3n) is 6.97. The number of fused-ring (bicyclic) bond motifs is 2. The van der Waals surface area contributed by atoms with E-state index in [1.54, 1.807) is 15.9 Å². The zero-order chi connectivity index (χ0) is 24.4. The summed E-state index contributed by atoms with van der Waals surface area (Å²) in [5, 5.41) is 1.05. The standard InChI is InChI=1S/C26H32N4O4S/c1-28-10-5-6-18(15-28)17-34-21-14-24(31)30-13-12-29(11-9-20(30)25(21)26(32)33-2)16-23-27-19-7-3-4-8-22(19)35-23/h3-4,7-8,14,18H,5-6,9-13,15-17H2,1-2H3/t18-/m1/s1. The molecule has 2 aliphatic rings. The summed E-state index contributed by atoms with van der Waals surface area (Å²) in [5.74, 6) is 0.273. The Morgan fingerprint density at radius 3 is 2.86 bits per heavy atom. The zero-order valence-electron chi connectivity index (χ0n) is 20.4. The second-order valence-corrected chi connectivity index (χ2v) is 10.6. The highest BCUT2D eigenvalue weighted by Gasteiger charge is 2.27. The third-order valence-corrected chi connectivity index (χ3v) is 7.99. The number of benzene rings is 1. The first-order valence-electron chi connectivity index (χ1n) is 12.2. The number of likely N-dealkylation sites (tertiary alicyclic amines) is 1. The van der Waals surface area contributed by atoms with Crippen LogP contribution in [0.1, 0.15) is 33.9 Å². The van der Waals surface area contributed by atoms with Crippen LogP contribution in [0.4, 0.5) is 0 Å². The van der Waals surface area contributed by atoms with E-state index >= 15 is 0 Å². The Kier molecular flexibility index (Phi) is 7.17. The van der Waals surface area contributed by atoms with Crippen molar-refractivity contribution in [2.75, 3.05) is 46.9 Å².